The lowest BCUT2D eigenvalue weighted by Crippen LogP contribution is -2.46. The van der Waals surface area contributed by atoms with Gasteiger partial charge in [0.1, 0.15) is 0 Å². The van der Waals surface area contributed by atoms with Crippen molar-refractivity contribution in [3.8, 4) is 0 Å². The van der Waals surface area contributed by atoms with Crippen LogP contribution < -0.4 is 0 Å². The zero-order valence-electron chi connectivity index (χ0n) is 12.1. The summed E-state index contributed by atoms with van der Waals surface area (Å²) in [4.78, 5) is 14.1. The molecule has 110 valence electrons. The molecule has 1 saturated heterocycles. The van der Waals surface area contributed by atoms with Crippen LogP contribution in [-0.2, 0) is 9.53 Å². The van der Waals surface area contributed by atoms with Gasteiger partial charge in [-0.2, -0.15) is 11.8 Å². The molecule has 1 amide bonds. The Hall–Kier alpha value is -0.220. The summed E-state index contributed by atoms with van der Waals surface area (Å²) in [5.74, 6) is 2.08. The molecule has 1 aliphatic carbocycles. The number of ether oxygens (including phenoxy) is 1. The zero-order chi connectivity index (χ0) is 13.5. The van der Waals surface area contributed by atoms with E-state index in [1.807, 2.05) is 4.90 Å². The highest BCUT2D eigenvalue weighted by Crippen LogP contribution is 2.29. The fourth-order valence-electron chi connectivity index (χ4n) is 3.23. The van der Waals surface area contributed by atoms with Crippen molar-refractivity contribution in [2.45, 2.75) is 51.0 Å². The monoisotopic (exact) mass is 285 g/mol. The number of nitrogens with zero attached hydrogens (tertiary/aromatic N) is 1. The maximum atomic E-state index is 12.1. The van der Waals surface area contributed by atoms with Gasteiger partial charge >= 0.3 is 0 Å². The van der Waals surface area contributed by atoms with Crippen molar-refractivity contribution < 1.29 is 9.53 Å². The minimum Gasteiger partial charge on any atom is -0.375 e. The second kappa shape index (κ2) is 8.15. The number of carbonyl (C=O) groups is 1. The van der Waals surface area contributed by atoms with Crippen molar-refractivity contribution in [2.24, 2.45) is 5.92 Å². The molecule has 1 heterocycles. The first-order valence-corrected chi connectivity index (χ1v) is 9.07. The molecule has 0 aromatic rings. The van der Waals surface area contributed by atoms with Crippen LogP contribution in [0.15, 0.2) is 0 Å². The average molecular weight is 285 g/mol. The Kier molecular flexibility index (Phi) is 6.51. The van der Waals surface area contributed by atoms with Crippen LogP contribution in [0.4, 0.5) is 0 Å². The van der Waals surface area contributed by atoms with Crippen LogP contribution in [0, 0.1) is 5.92 Å². The van der Waals surface area contributed by atoms with Crippen molar-refractivity contribution >= 4 is 17.7 Å². The van der Waals surface area contributed by atoms with Gasteiger partial charge in [-0.3, -0.25) is 4.79 Å². The molecule has 0 N–H and O–H groups in total. The largest absolute Gasteiger partial charge is 0.375 e. The molecule has 0 radical (unpaired) electrons. The van der Waals surface area contributed by atoms with E-state index in [2.05, 4.69) is 6.26 Å². The third kappa shape index (κ3) is 4.99. The molecular weight excluding hydrogens is 258 g/mol. The lowest BCUT2D eigenvalue weighted by atomic mass is 9.85. The third-order valence-electron chi connectivity index (χ3n) is 4.33. The second-order valence-corrected chi connectivity index (χ2v) is 6.80. The predicted octanol–water partition coefficient (Wildman–Crippen LogP) is 2.94. The maximum Gasteiger partial charge on any atom is 0.223 e. The molecule has 0 unspecified atom stereocenters. The number of morpholine rings is 1. The maximum absolute atomic E-state index is 12.1. The number of rotatable bonds is 5. The topological polar surface area (TPSA) is 29.5 Å². The molecular formula is C15H27NO2S. The lowest BCUT2D eigenvalue weighted by molar-refractivity contribution is -0.139. The normalized spacial score (nSPS) is 25.5. The van der Waals surface area contributed by atoms with Crippen LogP contribution in [0.1, 0.15) is 44.9 Å². The Morgan fingerprint density at radius 2 is 2.11 bits per heavy atom. The Balaban J connectivity index is 1.74. The average Bonchev–Trinajstić information content (AvgIpc) is 2.46. The Morgan fingerprint density at radius 1 is 1.32 bits per heavy atom. The van der Waals surface area contributed by atoms with Gasteiger partial charge in [0.25, 0.3) is 0 Å². The van der Waals surface area contributed by atoms with E-state index in [-0.39, 0.29) is 6.10 Å². The van der Waals surface area contributed by atoms with E-state index in [0.717, 1.165) is 37.8 Å². The number of hydrogen-bond donors (Lipinski definition) is 0. The molecule has 3 nitrogen and oxygen atoms in total. The van der Waals surface area contributed by atoms with Crippen LogP contribution in [0.25, 0.3) is 0 Å². The highest BCUT2D eigenvalue weighted by atomic mass is 32.2. The molecule has 2 fully saturated rings. The van der Waals surface area contributed by atoms with Gasteiger partial charge in [-0.1, -0.05) is 32.1 Å². The molecule has 19 heavy (non-hydrogen) atoms. The molecule has 0 spiro atoms. The van der Waals surface area contributed by atoms with E-state index < -0.39 is 0 Å². The lowest BCUT2D eigenvalue weighted by Gasteiger charge is -2.35. The summed E-state index contributed by atoms with van der Waals surface area (Å²) in [6.45, 7) is 2.33. The molecule has 1 saturated carbocycles. The minimum atomic E-state index is 0.287. The van der Waals surface area contributed by atoms with Gasteiger partial charge < -0.3 is 9.64 Å². The van der Waals surface area contributed by atoms with Crippen molar-refractivity contribution in [3.05, 3.63) is 0 Å². The van der Waals surface area contributed by atoms with E-state index in [1.54, 1.807) is 11.8 Å². The molecule has 0 aromatic heterocycles. The first kappa shape index (κ1) is 15.2. The summed E-state index contributed by atoms with van der Waals surface area (Å²) in [7, 11) is 0. The molecule has 0 bridgehead atoms. The first-order chi connectivity index (χ1) is 9.29. The van der Waals surface area contributed by atoms with Crippen molar-refractivity contribution in [3.63, 3.8) is 0 Å². The van der Waals surface area contributed by atoms with Crippen molar-refractivity contribution in [2.75, 3.05) is 31.7 Å². The van der Waals surface area contributed by atoms with E-state index in [1.165, 1.54) is 32.1 Å². The van der Waals surface area contributed by atoms with Gasteiger partial charge in [0.05, 0.1) is 12.7 Å². The first-order valence-electron chi connectivity index (χ1n) is 7.68. The summed E-state index contributed by atoms with van der Waals surface area (Å²) in [5, 5.41) is 0. The quantitative estimate of drug-likeness (QED) is 0.778. The number of thioether (sulfide) groups is 1. The highest BCUT2D eigenvalue weighted by molar-refractivity contribution is 7.98. The summed E-state index contributed by atoms with van der Waals surface area (Å²) in [6.07, 6.45) is 11.1. The number of hydrogen-bond acceptors (Lipinski definition) is 3. The smallest absolute Gasteiger partial charge is 0.223 e. The van der Waals surface area contributed by atoms with Gasteiger partial charge in [0.15, 0.2) is 0 Å². The van der Waals surface area contributed by atoms with Gasteiger partial charge in [0.2, 0.25) is 5.91 Å². The zero-order valence-corrected chi connectivity index (χ0v) is 12.9. The van der Waals surface area contributed by atoms with E-state index in [9.17, 15) is 4.79 Å². The van der Waals surface area contributed by atoms with E-state index in [0.29, 0.717) is 12.3 Å². The Morgan fingerprint density at radius 3 is 2.84 bits per heavy atom. The summed E-state index contributed by atoms with van der Waals surface area (Å²) >= 11 is 1.74. The molecule has 0 aromatic carbocycles. The van der Waals surface area contributed by atoms with Crippen LogP contribution in [0.2, 0.25) is 0 Å². The van der Waals surface area contributed by atoms with E-state index in [4.69, 9.17) is 4.74 Å². The fourth-order valence-corrected chi connectivity index (χ4v) is 3.61. The Bertz CT molecular complexity index is 279. The number of carbonyl (C=O) groups excluding carboxylic acids is 1. The standard InChI is InChI=1S/C15H27NO2S/c1-19-10-7-15(17)16-8-9-18-14(12-16)11-13-5-3-2-4-6-13/h13-14H,2-12H2,1H3/t14-/m1/s1. The van der Waals surface area contributed by atoms with Gasteiger partial charge in [0, 0.05) is 25.3 Å². The van der Waals surface area contributed by atoms with Crippen LogP contribution in [0.5, 0.6) is 0 Å². The third-order valence-corrected chi connectivity index (χ3v) is 4.94. The van der Waals surface area contributed by atoms with Gasteiger partial charge in [-0.05, 0) is 18.6 Å². The minimum absolute atomic E-state index is 0.287. The SMILES string of the molecule is CSCCC(=O)N1CCO[C@H](CC2CCCCC2)C1. The molecule has 2 rings (SSSR count). The predicted molar refractivity (Wildman–Crippen MR) is 80.5 cm³/mol. The van der Waals surface area contributed by atoms with E-state index >= 15 is 0 Å². The van der Waals surface area contributed by atoms with Crippen molar-refractivity contribution in [1.29, 1.82) is 0 Å². The van der Waals surface area contributed by atoms with Gasteiger partial charge in [-0.15, -0.1) is 0 Å². The summed E-state index contributed by atoms with van der Waals surface area (Å²) in [6, 6.07) is 0. The fraction of sp³-hybridized carbons (Fsp3) is 0.933. The Labute approximate surface area is 121 Å². The number of amides is 1. The summed E-state index contributed by atoms with van der Waals surface area (Å²) < 4.78 is 5.87. The molecule has 1 atom stereocenters. The van der Waals surface area contributed by atoms with Crippen LogP contribution in [-0.4, -0.2) is 48.6 Å². The molecule has 2 aliphatic rings. The second-order valence-electron chi connectivity index (χ2n) is 5.82. The molecule has 1 aliphatic heterocycles. The van der Waals surface area contributed by atoms with Crippen LogP contribution in [0.3, 0.4) is 0 Å². The van der Waals surface area contributed by atoms with Crippen molar-refractivity contribution in [1.82, 2.24) is 4.90 Å². The molecule has 4 heteroatoms. The van der Waals surface area contributed by atoms with Gasteiger partial charge in [-0.25, -0.2) is 0 Å². The van der Waals surface area contributed by atoms with Crippen LogP contribution >= 0.6 is 11.8 Å². The highest BCUT2D eigenvalue weighted by Gasteiger charge is 2.26. The summed E-state index contributed by atoms with van der Waals surface area (Å²) in [5.41, 5.74) is 0.